The van der Waals surface area contributed by atoms with E-state index in [9.17, 15) is 22.7 Å². The molecule has 202 valence electrons. The molecule has 1 aromatic heterocycles. The van der Waals surface area contributed by atoms with Crippen LogP contribution in [0.1, 0.15) is 36.2 Å². The number of ether oxygens (including phenoxy) is 2. The number of hydrogen-bond donors (Lipinski definition) is 3. The molecule has 1 aliphatic heterocycles. The first-order valence-corrected chi connectivity index (χ1v) is 12.4. The lowest BCUT2D eigenvalue weighted by atomic mass is 9.87. The molecular formula is C27H33F4N3O3. The van der Waals surface area contributed by atoms with Crippen molar-refractivity contribution in [2.75, 3.05) is 46.6 Å². The first-order chi connectivity index (χ1) is 17.8. The van der Waals surface area contributed by atoms with Gasteiger partial charge in [-0.25, -0.2) is 13.2 Å². The van der Waals surface area contributed by atoms with E-state index in [1.807, 2.05) is 6.92 Å². The van der Waals surface area contributed by atoms with Crippen LogP contribution in [0.15, 0.2) is 36.4 Å². The molecule has 2 heterocycles. The van der Waals surface area contributed by atoms with E-state index in [0.29, 0.717) is 66.2 Å². The molecule has 0 amide bonds. The molecule has 1 aliphatic rings. The number of benzene rings is 2. The third kappa shape index (κ3) is 6.02. The number of methoxy groups -OCH3 is 1. The molecule has 0 radical (unpaired) electrons. The average Bonchev–Trinajstić information content (AvgIpc) is 3.23. The lowest BCUT2D eigenvalue weighted by Gasteiger charge is -2.42. The number of H-pyrrole nitrogens is 1. The number of alkyl halides is 3. The number of nitrogens with zero attached hydrogens (tertiary/aromatic N) is 1. The van der Waals surface area contributed by atoms with Crippen LogP contribution in [0.3, 0.4) is 0 Å². The third-order valence-corrected chi connectivity index (χ3v) is 6.75. The molecule has 3 N–H and O–H groups in total. The molecule has 0 saturated heterocycles. The number of aromatic amines is 1. The molecule has 0 spiro atoms. The fraction of sp³-hybridized carbons (Fsp3) is 0.481. The normalized spacial score (nSPS) is 18.2. The zero-order valence-corrected chi connectivity index (χ0v) is 21.0. The molecule has 6 nitrogen and oxygen atoms in total. The zero-order chi connectivity index (χ0) is 26.6. The van der Waals surface area contributed by atoms with Gasteiger partial charge in [-0.15, -0.1) is 0 Å². The second-order valence-corrected chi connectivity index (χ2v) is 9.39. The van der Waals surface area contributed by atoms with Crippen LogP contribution in [-0.4, -0.2) is 73.6 Å². The number of halogens is 4. The van der Waals surface area contributed by atoms with E-state index in [1.54, 1.807) is 29.2 Å². The summed E-state index contributed by atoms with van der Waals surface area (Å²) >= 11 is 0. The quantitative estimate of drug-likeness (QED) is 0.239. The minimum atomic E-state index is -3.32. The van der Waals surface area contributed by atoms with Gasteiger partial charge in [0, 0.05) is 34.7 Å². The highest BCUT2D eigenvalue weighted by atomic mass is 19.3. The summed E-state index contributed by atoms with van der Waals surface area (Å²) in [5.41, 5.74) is 2.86. The molecule has 10 heteroatoms. The number of aromatic nitrogens is 1. The minimum Gasteiger partial charge on any atom is -0.496 e. The van der Waals surface area contributed by atoms with Gasteiger partial charge in [0.1, 0.15) is 30.5 Å². The average molecular weight is 524 g/mol. The standard InChI is InChI=1S/C27H33F4N3O3/c1-17-12-21-20-13-18(29)4-6-23(20)33-25(21)26(34(17)15-27(30,31)16-35)22-14-19(5-7-24(22)36-2)37-11-10-32-9-3-8-28/h4-7,13-14,17,26,32-33,35H,3,8-12,15-16H2,1-2H3/t17-,26?/m1/s1. The molecule has 2 atom stereocenters. The topological polar surface area (TPSA) is 69.8 Å². The maximum absolute atomic E-state index is 14.6. The van der Waals surface area contributed by atoms with Crippen LogP contribution in [0.4, 0.5) is 17.6 Å². The smallest absolute Gasteiger partial charge is 0.283 e. The molecule has 37 heavy (non-hydrogen) atoms. The molecular weight excluding hydrogens is 490 g/mol. The Kier molecular flexibility index (Phi) is 8.61. The fourth-order valence-corrected chi connectivity index (χ4v) is 5.00. The summed E-state index contributed by atoms with van der Waals surface area (Å²) in [6.45, 7) is 0.915. The van der Waals surface area contributed by atoms with Gasteiger partial charge in [-0.3, -0.25) is 9.29 Å². The van der Waals surface area contributed by atoms with Gasteiger partial charge in [-0.2, -0.15) is 0 Å². The van der Waals surface area contributed by atoms with Crippen molar-refractivity contribution in [3.63, 3.8) is 0 Å². The summed E-state index contributed by atoms with van der Waals surface area (Å²) in [5, 5.41) is 13.1. The number of rotatable bonds is 12. The summed E-state index contributed by atoms with van der Waals surface area (Å²) < 4.78 is 67.0. The lowest BCUT2D eigenvalue weighted by Crippen LogP contribution is -2.49. The Labute approximate surface area is 213 Å². The zero-order valence-electron chi connectivity index (χ0n) is 21.0. The van der Waals surface area contributed by atoms with E-state index >= 15 is 0 Å². The predicted octanol–water partition coefficient (Wildman–Crippen LogP) is 4.61. The highest BCUT2D eigenvalue weighted by Crippen LogP contribution is 2.45. The van der Waals surface area contributed by atoms with Crippen LogP contribution in [0.2, 0.25) is 0 Å². The van der Waals surface area contributed by atoms with Crippen molar-refractivity contribution in [2.24, 2.45) is 0 Å². The van der Waals surface area contributed by atoms with Crippen LogP contribution in [-0.2, 0) is 6.42 Å². The van der Waals surface area contributed by atoms with E-state index in [-0.39, 0.29) is 18.5 Å². The maximum atomic E-state index is 14.6. The highest BCUT2D eigenvalue weighted by molar-refractivity contribution is 5.85. The van der Waals surface area contributed by atoms with Gasteiger partial charge < -0.3 is 24.9 Å². The Morgan fingerprint density at radius 2 is 2.00 bits per heavy atom. The van der Waals surface area contributed by atoms with Crippen molar-refractivity contribution >= 4 is 10.9 Å². The van der Waals surface area contributed by atoms with Crippen molar-refractivity contribution < 1.29 is 32.1 Å². The predicted molar refractivity (Wildman–Crippen MR) is 134 cm³/mol. The summed E-state index contributed by atoms with van der Waals surface area (Å²) in [4.78, 5) is 4.98. The van der Waals surface area contributed by atoms with Crippen LogP contribution in [0, 0.1) is 5.82 Å². The Morgan fingerprint density at radius 1 is 1.19 bits per heavy atom. The van der Waals surface area contributed by atoms with Crippen molar-refractivity contribution in [3.05, 3.63) is 59.0 Å². The second-order valence-electron chi connectivity index (χ2n) is 9.39. The number of fused-ring (bicyclic) bond motifs is 3. The van der Waals surface area contributed by atoms with Crippen molar-refractivity contribution in [1.82, 2.24) is 15.2 Å². The lowest BCUT2D eigenvalue weighted by molar-refractivity contribution is -0.0865. The summed E-state index contributed by atoms with van der Waals surface area (Å²) in [6.07, 6.45) is 0.859. The fourth-order valence-electron chi connectivity index (χ4n) is 5.00. The first-order valence-electron chi connectivity index (χ1n) is 12.4. The van der Waals surface area contributed by atoms with Crippen LogP contribution in [0.5, 0.6) is 11.5 Å². The van der Waals surface area contributed by atoms with Gasteiger partial charge in [0.05, 0.1) is 26.4 Å². The maximum Gasteiger partial charge on any atom is 0.283 e. The van der Waals surface area contributed by atoms with E-state index in [4.69, 9.17) is 9.47 Å². The SMILES string of the molecule is COc1ccc(OCCNCCCF)cc1C1c2[nH]c3ccc(F)cc3c2C[C@@H](C)N1CC(F)(F)CO. The van der Waals surface area contributed by atoms with Crippen molar-refractivity contribution in [1.29, 1.82) is 0 Å². The molecule has 0 fully saturated rings. The number of hydrogen-bond acceptors (Lipinski definition) is 5. The van der Waals surface area contributed by atoms with Gasteiger partial charge in [0.25, 0.3) is 5.92 Å². The van der Waals surface area contributed by atoms with E-state index in [2.05, 4.69) is 10.3 Å². The van der Waals surface area contributed by atoms with Crippen molar-refractivity contribution in [3.8, 4) is 11.5 Å². The van der Waals surface area contributed by atoms with Gasteiger partial charge in [0.2, 0.25) is 0 Å². The van der Waals surface area contributed by atoms with Crippen LogP contribution >= 0.6 is 0 Å². The molecule has 3 aromatic rings. The Bertz CT molecular complexity index is 1200. The number of aliphatic hydroxyl groups is 1. The summed E-state index contributed by atoms with van der Waals surface area (Å²) in [6, 6.07) is 8.66. The first kappa shape index (κ1) is 27.2. The Balaban J connectivity index is 1.75. The number of aliphatic hydroxyl groups excluding tert-OH is 1. The van der Waals surface area contributed by atoms with Crippen molar-refractivity contribution in [2.45, 2.75) is 37.8 Å². The molecule has 2 aromatic carbocycles. The van der Waals surface area contributed by atoms with E-state index in [0.717, 1.165) is 5.56 Å². The largest absolute Gasteiger partial charge is 0.496 e. The Morgan fingerprint density at radius 3 is 2.73 bits per heavy atom. The van der Waals surface area contributed by atoms with Crippen LogP contribution < -0.4 is 14.8 Å². The Hall–Kier alpha value is -2.82. The minimum absolute atomic E-state index is 0.336. The molecule has 4 rings (SSSR count). The van der Waals surface area contributed by atoms with E-state index < -0.39 is 25.1 Å². The van der Waals surface area contributed by atoms with Gasteiger partial charge in [0.15, 0.2) is 0 Å². The molecule has 1 unspecified atom stereocenters. The monoisotopic (exact) mass is 523 g/mol. The molecule has 0 saturated carbocycles. The van der Waals surface area contributed by atoms with E-state index in [1.165, 1.54) is 19.2 Å². The van der Waals surface area contributed by atoms with Gasteiger partial charge in [-0.05, 0) is 68.3 Å². The third-order valence-electron chi connectivity index (χ3n) is 6.75. The summed E-state index contributed by atoms with van der Waals surface area (Å²) in [5.74, 6) is -2.69. The van der Waals surface area contributed by atoms with Gasteiger partial charge >= 0.3 is 0 Å². The molecule has 0 bridgehead atoms. The van der Waals surface area contributed by atoms with Crippen LogP contribution in [0.25, 0.3) is 10.9 Å². The second kappa shape index (κ2) is 11.7. The number of nitrogens with one attached hydrogen (secondary N) is 2. The summed E-state index contributed by atoms with van der Waals surface area (Å²) in [7, 11) is 1.51. The van der Waals surface area contributed by atoms with Gasteiger partial charge in [-0.1, -0.05) is 0 Å². The molecule has 0 aliphatic carbocycles. The highest BCUT2D eigenvalue weighted by Gasteiger charge is 2.42.